The highest BCUT2D eigenvalue weighted by Crippen LogP contribution is 2.29. The third-order valence-electron chi connectivity index (χ3n) is 4.56. The lowest BCUT2D eigenvalue weighted by Gasteiger charge is -2.24. The van der Waals surface area contributed by atoms with Gasteiger partial charge in [-0.1, -0.05) is 6.07 Å². The highest BCUT2D eigenvalue weighted by atomic mass is 35.5. The van der Waals surface area contributed by atoms with E-state index in [1.807, 2.05) is 0 Å². The van der Waals surface area contributed by atoms with Crippen molar-refractivity contribution >= 4 is 24.0 Å². The van der Waals surface area contributed by atoms with Gasteiger partial charge in [0.2, 0.25) is 5.88 Å². The largest absolute Gasteiger partial charge is 0.476 e. The van der Waals surface area contributed by atoms with Crippen LogP contribution in [-0.4, -0.2) is 42.2 Å². The van der Waals surface area contributed by atoms with Crippen LogP contribution >= 0.6 is 12.4 Å². The van der Waals surface area contributed by atoms with Crippen LogP contribution in [0.2, 0.25) is 0 Å². The molecule has 28 heavy (non-hydrogen) atoms. The summed E-state index contributed by atoms with van der Waals surface area (Å²) in [7, 11) is 0. The van der Waals surface area contributed by atoms with Crippen molar-refractivity contribution < 1.29 is 18.7 Å². The maximum atomic E-state index is 14.4. The molecule has 2 N–H and O–H groups in total. The van der Waals surface area contributed by atoms with Gasteiger partial charge in [0.1, 0.15) is 11.5 Å². The van der Waals surface area contributed by atoms with Gasteiger partial charge < -0.3 is 20.1 Å². The summed E-state index contributed by atoms with van der Waals surface area (Å²) in [5.74, 6) is 0.132. The van der Waals surface area contributed by atoms with Gasteiger partial charge in [-0.3, -0.25) is 4.79 Å². The zero-order valence-corrected chi connectivity index (χ0v) is 16.0. The van der Waals surface area contributed by atoms with E-state index in [2.05, 4.69) is 20.6 Å². The van der Waals surface area contributed by atoms with Gasteiger partial charge in [-0.2, -0.15) is 0 Å². The number of rotatable bonds is 6. The Morgan fingerprint density at radius 2 is 2.18 bits per heavy atom. The molecule has 0 bridgehead atoms. The molecule has 0 spiro atoms. The molecule has 2 aromatic rings. The quantitative estimate of drug-likeness (QED) is 0.764. The average molecular weight is 409 g/mol. The second-order valence-electron chi connectivity index (χ2n) is 6.75. The Hall–Kier alpha value is -2.29. The molecule has 7 nitrogen and oxygen atoms in total. The van der Waals surface area contributed by atoms with Crippen molar-refractivity contribution in [2.45, 2.75) is 18.9 Å². The van der Waals surface area contributed by atoms with Crippen molar-refractivity contribution in [3.63, 3.8) is 0 Å². The maximum absolute atomic E-state index is 14.4. The van der Waals surface area contributed by atoms with Gasteiger partial charge in [-0.15, -0.1) is 12.4 Å². The molecule has 1 atom stereocenters. The summed E-state index contributed by atoms with van der Waals surface area (Å²) in [6, 6.07) is 4.56. The number of ether oxygens (including phenoxy) is 2. The van der Waals surface area contributed by atoms with Crippen LogP contribution in [0.4, 0.5) is 10.1 Å². The summed E-state index contributed by atoms with van der Waals surface area (Å²) in [5.41, 5.74) is 0.955. The van der Waals surface area contributed by atoms with Gasteiger partial charge in [0.15, 0.2) is 0 Å². The zero-order chi connectivity index (χ0) is 18.6. The van der Waals surface area contributed by atoms with E-state index in [1.165, 1.54) is 31.3 Å². The van der Waals surface area contributed by atoms with Gasteiger partial charge in [-0.05, 0) is 30.9 Å². The molecule has 1 aliphatic heterocycles. The highest BCUT2D eigenvalue weighted by molar-refractivity contribution is 6.02. The number of benzene rings is 1. The molecule has 2 fully saturated rings. The third kappa shape index (κ3) is 5.15. The van der Waals surface area contributed by atoms with Crippen molar-refractivity contribution in [1.82, 2.24) is 15.3 Å². The molecule has 0 unspecified atom stereocenters. The van der Waals surface area contributed by atoms with Crippen LogP contribution in [0.3, 0.4) is 0 Å². The molecule has 2 aliphatic rings. The number of nitrogens with zero attached hydrogens (tertiary/aromatic N) is 2. The lowest BCUT2D eigenvalue weighted by atomic mass is 10.1. The Bertz CT molecular complexity index is 811. The number of aromatic nitrogens is 2. The van der Waals surface area contributed by atoms with Crippen molar-refractivity contribution in [2.24, 2.45) is 5.92 Å². The van der Waals surface area contributed by atoms with Crippen LogP contribution in [-0.2, 0) is 4.74 Å². The zero-order valence-electron chi connectivity index (χ0n) is 15.2. The number of morpholine rings is 1. The molecule has 1 saturated heterocycles. The van der Waals surface area contributed by atoms with Crippen LogP contribution in [0.25, 0.3) is 0 Å². The van der Waals surface area contributed by atoms with Crippen LogP contribution in [0.15, 0.2) is 30.6 Å². The Morgan fingerprint density at radius 3 is 2.82 bits per heavy atom. The summed E-state index contributed by atoms with van der Waals surface area (Å²) >= 11 is 0. The predicted octanol–water partition coefficient (Wildman–Crippen LogP) is 2.74. The fraction of sp³-hybridized carbons (Fsp3) is 0.421. The van der Waals surface area contributed by atoms with E-state index < -0.39 is 11.7 Å². The number of nitrogens with one attached hydrogen (secondary N) is 2. The Balaban J connectivity index is 0.00000225. The first-order chi connectivity index (χ1) is 13.2. The van der Waals surface area contributed by atoms with E-state index in [0.29, 0.717) is 42.8 Å². The van der Waals surface area contributed by atoms with Crippen LogP contribution in [0, 0.1) is 11.7 Å². The lowest BCUT2D eigenvalue weighted by molar-refractivity contribution is 0.0255. The molecule has 1 aromatic heterocycles. The molecule has 150 valence electrons. The van der Waals surface area contributed by atoms with Gasteiger partial charge in [0.25, 0.3) is 5.91 Å². The third-order valence-corrected chi connectivity index (χ3v) is 4.56. The van der Waals surface area contributed by atoms with Crippen molar-refractivity contribution in [3.05, 3.63) is 47.7 Å². The molecule has 1 aromatic carbocycles. The second-order valence-corrected chi connectivity index (χ2v) is 6.75. The number of hydrogen-bond donors (Lipinski definition) is 2. The van der Waals surface area contributed by atoms with Crippen molar-refractivity contribution in [3.8, 4) is 5.88 Å². The van der Waals surface area contributed by atoms with Crippen molar-refractivity contribution in [1.29, 1.82) is 0 Å². The molecular formula is C19H22ClFN4O3. The van der Waals surface area contributed by atoms with E-state index in [-0.39, 0.29) is 24.2 Å². The van der Waals surface area contributed by atoms with Gasteiger partial charge in [0, 0.05) is 24.3 Å². The average Bonchev–Trinajstić information content (AvgIpc) is 3.52. The topological polar surface area (TPSA) is 85.4 Å². The van der Waals surface area contributed by atoms with Crippen LogP contribution < -0.4 is 15.4 Å². The van der Waals surface area contributed by atoms with E-state index in [1.54, 1.807) is 12.1 Å². The van der Waals surface area contributed by atoms with Crippen LogP contribution in [0.1, 0.15) is 35.0 Å². The number of hydrogen-bond acceptors (Lipinski definition) is 6. The molecule has 0 radical (unpaired) electrons. The standard InChI is InChI=1S/C19H21FN4O3.ClH/c20-15-7-13(3-4-14(15)17-9-21-5-6-26-17)24-19(25)16-8-23-18(10-22-16)27-11-12-1-2-12;/h3-4,7-8,10,12,17,21H,1-2,5-6,9,11H2,(H,24,25);1H/t17-;/m1./s1. The predicted molar refractivity (Wildman–Crippen MR) is 103 cm³/mol. The maximum Gasteiger partial charge on any atom is 0.275 e. The first-order valence-corrected chi connectivity index (χ1v) is 9.07. The molecule has 4 rings (SSSR count). The minimum Gasteiger partial charge on any atom is -0.476 e. The summed E-state index contributed by atoms with van der Waals surface area (Å²) in [5, 5.41) is 5.80. The molecule has 2 heterocycles. The molecular weight excluding hydrogens is 387 g/mol. The monoisotopic (exact) mass is 408 g/mol. The second kappa shape index (κ2) is 9.27. The fourth-order valence-electron chi connectivity index (χ4n) is 2.82. The first-order valence-electron chi connectivity index (χ1n) is 9.07. The summed E-state index contributed by atoms with van der Waals surface area (Å²) in [4.78, 5) is 20.4. The number of halogens is 2. The Morgan fingerprint density at radius 1 is 1.32 bits per heavy atom. The molecule has 1 amide bonds. The van der Waals surface area contributed by atoms with Crippen LogP contribution in [0.5, 0.6) is 5.88 Å². The number of carbonyl (C=O) groups excluding carboxylic acids is 1. The summed E-state index contributed by atoms with van der Waals surface area (Å²) in [6.07, 6.45) is 4.83. The van der Waals surface area contributed by atoms with E-state index in [0.717, 1.165) is 6.54 Å². The number of carbonyl (C=O) groups is 1. The molecule has 1 aliphatic carbocycles. The van der Waals surface area contributed by atoms with E-state index in [4.69, 9.17) is 9.47 Å². The minimum absolute atomic E-state index is 0. The summed E-state index contributed by atoms with van der Waals surface area (Å²) < 4.78 is 25.5. The smallest absolute Gasteiger partial charge is 0.275 e. The number of anilines is 1. The van der Waals surface area contributed by atoms with Gasteiger partial charge in [0.05, 0.1) is 31.7 Å². The molecule has 1 saturated carbocycles. The number of amides is 1. The fourth-order valence-corrected chi connectivity index (χ4v) is 2.82. The molecule has 9 heteroatoms. The normalized spacial score (nSPS) is 18.8. The van der Waals surface area contributed by atoms with Crippen molar-refractivity contribution in [2.75, 3.05) is 31.6 Å². The highest BCUT2D eigenvalue weighted by Gasteiger charge is 2.22. The van der Waals surface area contributed by atoms with E-state index >= 15 is 0 Å². The SMILES string of the molecule is Cl.O=C(Nc1ccc([C@H]2CNCCO2)c(F)c1)c1cnc(OCC2CC2)cn1. The van der Waals surface area contributed by atoms with E-state index in [9.17, 15) is 9.18 Å². The Kier molecular flexibility index (Phi) is 6.77. The lowest BCUT2D eigenvalue weighted by Crippen LogP contribution is -2.33. The summed E-state index contributed by atoms with van der Waals surface area (Å²) in [6.45, 7) is 2.50. The van der Waals surface area contributed by atoms with Gasteiger partial charge >= 0.3 is 0 Å². The van der Waals surface area contributed by atoms with Gasteiger partial charge in [-0.25, -0.2) is 14.4 Å². The first kappa shape index (κ1) is 20.4. The minimum atomic E-state index is -0.459. The Labute approximate surface area is 168 Å².